The highest BCUT2D eigenvalue weighted by molar-refractivity contribution is 7.18. The molecule has 7 heteroatoms. The molecule has 2 atom stereocenters. The highest BCUT2D eigenvalue weighted by Crippen LogP contribution is 2.36. The number of aliphatic hydroxyl groups excluding tert-OH is 1. The van der Waals surface area contributed by atoms with Gasteiger partial charge in [-0.1, -0.05) is 13.0 Å². The van der Waals surface area contributed by atoms with Gasteiger partial charge < -0.3 is 14.8 Å². The Hall–Kier alpha value is -1.54. The Morgan fingerprint density at radius 2 is 2.29 bits per heavy atom. The van der Waals surface area contributed by atoms with Gasteiger partial charge in [-0.2, -0.15) is 0 Å². The highest BCUT2D eigenvalue weighted by Gasteiger charge is 2.31. The van der Waals surface area contributed by atoms with E-state index >= 15 is 0 Å². The fourth-order valence-electron chi connectivity index (χ4n) is 4.05. The van der Waals surface area contributed by atoms with E-state index in [1.165, 1.54) is 10.4 Å². The fourth-order valence-corrected chi connectivity index (χ4v) is 5.46. The smallest absolute Gasteiger partial charge is 0.259 e. The second-order valence-corrected chi connectivity index (χ2v) is 9.27. The van der Waals surface area contributed by atoms with Gasteiger partial charge in [0.2, 0.25) is 0 Å². The highest BCUT2D eigenvalue weighted by atomic mass is 32.1. The van der Waals surface area contributed by atoms with Gasteiger partial charge in [0.05, 0.1) is 31.2 Å². The van der Waals surface area contributed by atoms with Crippen LogP contribution in [0.5, 0.6) is 0 Å². The Morgan fingerprint density at radius 3 is 3.04 bits per heavy atom. The van der Waals surface area contributed by atoms with Gasteiger partial charge in [0.15, 0.2) is 0 Å². The van der Waals surface area contributed by atoms with Crippen molar-refractivity contribution in [1.82, 2.24) is 14.9 Å². The molecule has 0 unspecified atom stereocenters. The molecule has 2 aromatic rings. The normalized spacial score (nSPS) is 20.5. The molecule has 2 N–H and O–H groups in total. The lowest BCUT2D eigenvalue weighted by Crippen LogP contribution is -2.37. The molecule has 0 spiro atoms. The maximum Gasteiger partial charge on any atom is 0.259 e. The van der Waals surface area contributed by atoms with Crippen LogP contribution in [0.4, 0.5) is 0 Å². The van der Waals surface area contributed by atoms with Crippen molar-refractivity contribution in [2.75, 3.05) is 19.8 Å². The fraction of sp³-hybridized carbons (Fsp3) is 0.619. The van der Waals surface area contributed by atoms with E-state index in [0.717, 1.165) is 42.3 Å². The number of hydrogen-bond acceptors (Lipinski definition) is 6. The van der Waals surface area contributed by atoms with E-state index in [9.17, 15) is 9.90 Å². The predicted octanol–water partition coefficient (Wildman–Crippen LogP) is 2.64. The number of H-pyrrole nitrogens is 1. The molecule has 2 aliphatic rings. The van der Waals surface area contributed by atoms with Crippen molar-refractivity contribution in [2.24, 2.45) is 5.92 Å². The van der Waals surface area contributed by atoms with E-state index in [2.05, 4.69) is 23.4 Å². The molecule has 0 amide bonds. The molecular formula is C21H29N3O3S. The van der Waals surface area contributed by atoms with Crippen molar-refractivity contribution in [3.63, 3.8) is 0 Å². The average Bonchev–Trinajstić information content (AvgIpc) is 3.42. The van der Waals surface area contributed by atoms with Gasteiger partial charge in [0, 0.05) is 17.5 Å². The maximum absolute atomic E-state index is 12.8. The van der Waals surface area contributed by atoms with E-state index in [1.807, 2.05) is 0 Å². The number of rotatable bonds is 9. The molecule has 28 heavy (non-hydrogen) atoms. The van der Waals surface area contributed by atoms with Crippen LogP contribution in [0.25, 0.3) is 10.2 Å². The van der Waals surface area contributed by atoms with Gasteiger partial charge in [-0.3, -0.25) is 9.69 Å². The number of thiophene rings is 1. The third-order valence-electron chi connectivity index (χ3n) is 5.62. The van der Waals surface area contributed by atoms with Crippen molar-refractivity contribution in [2.45, 2.75) is 57.7 Å². The first kappa shape index (κ1) is 19.8. The maximum atomic E-state index is 12.8. The molecule has 2 heterocycles. The van der Waals surface area contributed by atoms with Crippen molar-refractivity contribution in [3.05, 3.63) is 39.3 Å². The summed E-state index contributed by atoms with van der Waals surface area (Å²) in [7, 11) is 0. The second kappa shape index (κ2) is 8.45. The van der Waals surface area contributed by atoms with Gasteiger partial charge in [-0.05, 0) is 43.6 Å². The number of hydrogen-bond donors (Lipinski definition) is 2. The minimum atomic E-state index is -0.563. The minimum Gasteiger partial charge on any atom is -0.389 e. The van der Waals surface area contributed by atoms with Crippen LogP contribution in [0.2, 0.25) is 0 Å². The van der Waals surface area contributed by atoms with Crippen molar-refractivity contribution >= 4 is 21.6 Å². The van der Waals surface area contributed by atoms with Gasteiger partial charge in [0.1, 0.15) is 10.7 Å². The minimum absolute atomic E-state index is 0.0161. The van der Waals surface area contributed by atoms with Crippen molar-refractivity contribution < 1.29 is 9.84 Å². The lowest BCUT2D eigenvalue weighted by molar-refractivity contribution is 0.0222. The number of ether oxygens (including phenoxy) is 1. The molecule has 0 saturated heterocycles. The average molecular weight is 404 g/mol. The van der Waals surface area contributed by atoms with Gasteiger partial charge in [-0.25, -0.2) is 4.98 Å². The molecule has 1 saturated carbocycles. The van der Waals surface area contributed by atoms with Gasteiger partial charge >= 0.3 is 0 Å². The summed E-state index contributed by atoms with van der Waals surface area (Å²) in [5, 5.41) is 11.1. The van der Waals surface area contributed by atoms with Crippen molar-refractivity contribution in [3.8, 4) is 0 Å². The predicted molar refractivity (Wildman–Crippen MR) is 112 cm³/mol. The van der Waals surface area contributed by atoms with Gasteiger partial charge in [0.25, 0.3) is 5.56 Å². The zero-order valence-corrected chi connectivity index (χ0v) is 17.3. The lowest BCUT2D eigenvalue weighted by atomic mass is 9.89. The molecule has 152 valence electrons. The Morgan fingerprint density at radius 1 is 1.46 bits per heavy atom. The van der Waals surface area contributed by atoms with Crippen LogP contribution >= 0.6 is 11.3 Å². The number of nitrogens with zero attached hydrogens (tertiary/aromatic N) is 2. The summed E-state index contributed by atoms with van der Waals surface area (Å²) >= 11 is 1.68. The van der Waals surface area contributed by atoms with Crippen molar-refractivity contribution in [1.29, 1.82) is 0 Å². The zero-order valence-electron chi connectivity index (χ0n) is 16.4. The van der Waals surface area contributed by atoms with E-state index < -0.39 is 6.10 Å². The summed E-state index contributed by atoms with van der Waals surface area (Å²) in [5.74, 6) is 1.37. The Labute approximate surface area is 169 Å². The zero-order chi connectivity index (χ0) is 19.7. The van der Waals surface area contributed by atoms with E-state index in [-0.39, 0.29) is 12.2 Å². The molecular weight excluding hydrogens is 374 g/mol. The molecule has 0 aromatic carbocycles. The number of aryl methyl sites for hydroxylation is 1. The standard InChI is InChI=1S/C21H29N3O3S/c1-3-8-27-12-15(25)10-24(14-5-6-14)11-18-22-20(26)19-16-7-4-13(2)9-17(16)28-21(19)23-18/h3,13-15,25H,1,4-12H2,2H3,(H,22,23,26)/t13-,15-/m1/s1. The largest absolute Gasteiger partial charge is 0.389 e. The Bertz CT molecular complexity index is 902. The molecule has 4 rings (SSSR count). The SMILES string of the molecule is C=CCOC[C@H](O)CN(Cc1nc2sc3c(c2c(=O)[nH]1)CC[C@@H](C)C3)C1CC1. The summed E-state index contributed by atoms with van der Waals surface area (Å²) < 4.78 is 5.36. The van der Waals surface area contributed by atoms with E-state index in [1.54, 1.807) is 17.4 Å². The third kappa shape index (κ3) is 4.38. The van der Waals surface area contributed by atoms with Crippen LogP contribution in [0.1, 0.15) is 42.5 Å². The summed E-state index contributed by atoms with van der Waals surface area (Å²) in [6, 6.07) is 0.451. The van der Waals surface area contributed by atoms with Crippen LogP contribution in [-0.4, -0.2) is 51.9 Å². The lowest BCUT2D eigenvalue weighted by Gasteiger charge is -2.24. The first-order chi connectivity index (χ1) is 13.5. The quantitative estimate of drug-likeness (QED) is 0.497. The number of aliphatic hydroxyl groups is 1. The summed E-state index contributed by atoms with van der Waals surface area (Å²) in [4.78, 5) is 25.0. The summed E-state index contributed by atoms with van der Waals surface area (Å²) in [5.41, 5.74) is 1.20. The summed E-state index contributed by atoms with van der Waals surface area (Å²) in [6.45, 7) is 7.68. The third-order valence-corrected chi connectivity index (χ3v) is 6.77. The number of nitrogens with one attached hydrogen (secondary N) is 1. The van der Waals surface area contributed by atoms with Crippen LogP contribution in [-0.2, 0) is 24.1 Å². The van der Waals surface area contributed by atoms with Crippen LogP contribution in [0, 0.1) is 5.92 Å². The first-order valence-electron chi connectivity index (χ1n) is 10.2. The molecule has 6 nitrogen and oxygen atoms in total. The number of aromatic nitrogens is 2. The monoisotopic (exact) mass is 403 g/mol. The topological polar surface area (TPSA) is 78.5 Å². The molecule has 1 fully saturated rings. The van der Waals surface area contributed by atoms with Gasteiger partial charge in [-0.15, -0.1) is 17.9 Å². The Balaban J connectivity index is 1.51. The molecule has 0 bridgehead atoms. The van der Waals surface area contributed by atoms with E-state index in [0.29, 0.717) is 37.5 Å². The number of fused-ring (bicyclic) bond motifs is 3. The number of aromatic amines is 1. The molecule has 2 aromatic heterocycles. The first-order valence-corrected chi connectivity index (χ1v) is 11.0. The van der Waals surface area contributed by atoms with E-state index in [4.69, 9.17) is 9.72 Å². The molecule has 0 aliphatic heterocycles. The summed E-state index contributed by atoms with van der Waals surface area (Å²) in [6.07, 6.45) is 6.53. The van der Waals surface area contributed by atoms with Crippen LogP contribution < -0.4 is 5.56 Å². The molecule has 0 radical (unpaired) electrons. The van der Waals surface area contributed by atoms with Crippen LogP contribution in [0.3, 0.4) is 0 Å². The Kier molecular flexibility index (Phi) is 5.96. The molecule has 2 aliphatic carbocycles. The second-order valence-electron chi connectivity index (χ2n) is 8.19. The van der Waals surface area contributed by atoms with Crippen LogP contribution in [0.15, 0.2) is 17.4 Å².